The molecule has 10 heteroatoms. The van der Waals surface area contributed by atoms with E-state index in [1.807, 2.05) is 30.3 Å². The highest BCUT2D eigenvalue weighted by molar-refractivity contribution is 9.11. The fourth-order valence-electron chi connectivity index (χ4n) is 4.22. The molecule has 2 aromatic heterocycles. The van der Waals surface area contributed by atoms with Crippen molar-refractivity contribution in [2.24, 2.45) is 5.10 Å². The third-order valence-corrected chi connectivity index (χ3v) is 7.29. The predicted octanol–water partition coefficient (Wildman–Crippen LogP) is 7.77. The number of halogens is 2. The molecule has 0 aliphatic rings. The van der Waals surface area contributed by atoms with Crippen LogP contribution in [0.1, 0.15) is 43.6 Å². The second kappa shape index (κ2) is 13.1. The summed E-state index contributed by atoms with van der Waals surface area (Å²) in [5.41, 5.74) is 6.66. The lowest BCUT2D eigenvalue weighted by atomic mass is 10.2. The molecule has 5 rings (SSSR count). The first kappa shape index (κ1) is 29.1. The van der Waals surface area contributed by atoms with Gasteiger partial charge in [0, 0.05) is 27.1 Å². The molecule has 0 radical (unpaired) electrons. The molecule has 1 amide bonds. The number of benzene rings is 3. The Labute approximate surface area is 259 Å². The van der Waals surface area contributed by atoms with Gasteiger partial charge in [-0.15, -0.1) is 0 Å². The normalized spacial score (nSPS) is 11.0. The van der Waals surface area contributed by atoms with Crippen LogP contribution in [0.25, 0.3) is 5.69 Å². The van der Waals surface area contributed by atoms with E-state index in [0.29, 0.717) is 27.1 Å². The lowest BCUT2D eigenvalue weighted by Gasteiger charge is -2.10. The van der Waals surface area contributed by atoms with E-state index in [1.165, 1.54) is 6.21 Å². The van der Waals surface area contributed by atoms with Crippen LogP contribution in [0.3, 0.4) is 0 Å². The van der Waals surface area contributed by atoms with E-state index >= 15 is 0 Å². The van der Waals surface area contributed by atoms with Crippen LogP contribution in [0.5, 0.6) is 11.5 Å². The minimum atomic E-state index is -0.545. The Morgan fingerprint density at radius 3 is 2.36 bits per heavy atom. The van der Waals surface area contributed by atoms with Gasteiger partial charge in [-0.25, -0.2) is 10.2 Å². The van der Waals surface area contributed by atoms with Crippen LogP contribution in [0, 0.1) is 13.8 Å². The number of hydrogen-bond donors (Lipinski definition) is 1. The number of aromatic nitrogens is 1. The zero-order valence-corrected chi connectivity index (χ0v) is 25.8. The number of esters is 1. The summed E-state index contributed by atoms with van der Waals surface area (Å²) in [5, 5.41) is 4.03. The Morgan fingerprint density at radius 2 is 1.64 bits per heavy atom. The van der Waals surface area contributed by atoms with Gasteiger partial charge in [-0.05, 0) is 103 Å². The number of carbonyl (C=O) groups excluding carboxylic acids is 2. The largest absolute Gasteiger partial charge is 0.486 e. The van der Waals surface area contributed by atoms with E-state index in [0.717, 1.165) is 21.5 Å². The average Bonchev–Trinajstić information content (AvgIpc) is 3.60. The fourth-order valence-corrected chi connectivity index (χ4v) is 5.56. The molecule has 212 valence electrons. The van der Waals surface area contributed by atoms with Crippen molar-refractivity contribution >= 4 is 50.0 Å². The molecule has 2 heterocycles. The zero-order valence-electron chi connectivity index (χ0n) is 22.6. The molecule has 0 fully saturated rings. The summed E-state index contributed by atoms with van der Waals surface area (Å²) in [6.45, 7) is 4.28. The lowest BCUT2D eigenvalue weighted by Crippen LogP contribution is -2.17. The number of aryl methyl sites for hydroxylation is 2. The molecule has 0 unspecified atom stereocenters. The number of nitrogens with one attached hydrogen (secondary N) is 1. The van der Waals surface area contributed by atoms with E-state index in [1.54, 1.807) is 48.5 Å². The van der Waals surface area contributed by atoms with Crippen LogP contribution in [-0.4, -0.2) is 22.7 Å². The van der Waals surface area contributed by atoms with Gasteiger partial charge in [-0.1, -0.05) is 34.1 Å². The molecule has 0 saturated heterocycles. The number of hydrogen-bond acceptors (Lipinski definition) is 6. The number of nitrogens with zero attached hydrogens (tertiary/aromatic N) is 2. The van der Waals surface area contributed by atoms with Gasteiger partial charge in [0.15, 0.2) is 11.5 Å². The van der Waals surface area contributed by atoms with Crippen molar-refractivity contribution in [3.05, 3.63) is 134 Å². The lowest BCUT2D eigenvalue weighted by molar-refractivity contribution is 0.0732. The Balaban J connectivity index is 1.19. The smallest absolute Gasteiger partial charge is 0.343 e. The van der Waals surface area contributed by atoms with Crippen molar-refractivity contribution in [2.45, 2.75) is 20.5 Å². The fraction of sp³-hybridized carbons (Fsp3) is 0.0938. The van der Waals surface area contributed by atoms with E-state index in [9.17, 15) is 9.59 Å². The topological polar surface area (TPSA) is 95.1 Å². The SMILES string of the molecule is Cc1ccc(C)n1-c1ccc(OCc2ccc(C(=O)N/N=C\c3cc(Br)cc(Br)c3OC(=O)c3ccccc3)o2)cc1. The summed E-state index contributed by atoms with van der Waals surface area (Å²) < 4.78 is 20.5. The average molecular weight is 691 g/mol. The Kier molecular flexibility index (Phi) is 9.04. The molecule has 0 bridgehead atoms. The van der Waals surface area contributed by atoms with Crippen molar-refractivity contribution in [3.63, 3.8) is 0 Å². The second-order valence-electron chi connectivity index (χ2n) is 9.26. The molecule has 0 atom stereocenters. The van der Waals surface area contributed by atoms with Crippen molar-refractivity contribution in [1.82, 2.24) is 9.99 Å². The second-order valence-corrected chi connectivity index (χ2v) is 11.0. The summed E-state index contributed by atoms with van der Waals surface area (Å²) in [6.07, 6.45) is 1.38. The maximum atomic E-state index is 12.6. The number of ether oxygens (including phenoxy) is 2. The van der Waals surface area contributed by atoms with E-state index < -0.39 is 11.9 Å². The van der Waals surface area contributed by atoms with Gasteiger partial charge in [-0.2, -0.15) is 5.10 Å². The first-order chi connectivity index (χ1) is 20.3. The molecule has 5 aromatic rings. The minimum absolute atomic E-state index is 0.0748. The van der Waals surface area contributed by atoms with E-state index in [-0.39, 0.29) is 18.1 Å². The van der Waals surface area contributed by atoms with Crippen molar-refractivity contribution in [2.75, 3.05) is 0 Å². The van der Waals surface area contributed by atoms with Crippen molar-refractivity contribution in [3.8, 4) is 17.2 Å². The Hall–Kier alpha value is -4.41. The number of amides is 1. The summed E-state index contributed by atoms with van der Waals surface area (Å²) >= 11 is 6.85. The summed E-state index contributed by atoms with van der Waals surface area (Å²) in [4.78, 5) is 25.3. The van der Waals surface area contributed by atoms with Gasteiger partial charge >= 0.3 is 11.9 Å². The monoisotopic (exact) mass is 689 g/mol. The molecular formula is C32H25Br2N3O5. The summed E-state index contributed by atoms with van der Waals surface area (Å²) in [7, 11) is 0. The highest BCUT2D eigenvalue weighted by Gasteiger charge is 2.16. The predicted molar refractivity (Wildman–Crippen MR) is 167 cm³/mol. The molecular weight excluding hydrogens is 666 g/mol. The van der Waals surface area contributed by atoms with Crippen LogP contribution in [0.2, 0.25) is 0 Å². The van der Waals surface area contributed by atoms with Gasteiger partial charge in [-0.3, -0.25) is 4.79 Å². The van der Waals surface area contributed by atoms with Crippen molar-refractivity contribution < 1.29 is 23.5 Å². The van der Waals surface area contributed by atoms with Crippen LogP contribution < -0.4 is 14.9 Å². The van der Waals surface area contributed by atoms with Crippen LogP contribution >= 0.6 is 31.9 Å². The molecule has 8 nitrogen and oxygen atoms in total. The first-order valence-electron chi connectivity index (χ1n) is 12.8. The van der Waals surface area contributed by atoms with Crippen molar-refractivity contribution in [1.29, 1.82) is 0 Å². The van der Waals surface area contributed by atoms with Crippen LogP contribution in [-0.2, 0) is 6.61 Å². The molecule has 42 heavy (non-hydrogen) atoms. The first-order valence-corrected chi connectivity index (χ1v) is 14.4. The number of carbonyl (C=O) groups is 2. The van der Waals surface area contributed by atoms with Gasteiger partial charge < -0.3 is 18.5 Å². The number of rotatable bonds is 9. The molecule has 3 aromatic carbocycles. The Bertz CT molecular complexity index is 1740. The highest BCUT2D eigenvalue weighted by atomic mass is 79.9. The standard InChI is InChI=1S/C32H25Br2N3O5/c1-20-8-9-21(2)37(20)25-10-12-26(13-11-25)40-19-27-14-15-29(41-27)31(38)36-35-18-23-16-24(33)17-28(34)30(23)42-32(39)22-6-4-3-5-7-22/h3-18H,19H2,1-2H3,(H,36,38)/b35-18-. The molecule has 0 aliphatic heterocycles. The molecule has 0 aliphatic carbocycles. The maximum Gasteiger partial charge on any atom is 0.343 e. The van der Waals surface area contributed by atoms with Gasteiger partial charge in [0.25, 0.3) is 0 Å². The van der Waals surface area contributed by atoms with E-state index in [2.05, 4.69) is 72.9 Å². The van der Waals surface area contributed by atoms with Crippen LogP contribution in [0.15, 0.2) is 109 Å². The Morgan fingerprint density at radius 1 is 0.929 bits per heavy atom. The molecule has 0 spiro atoms. The summed E-state index contributed by atoms with van der Waals surface area (Å²) in [6, 6.07) is 27.2. The van der Waals surface area contributed by atoms with Gasteiger partial charge in [0.05, 0.1) is 16.3 Å². The summed E-state index contributed by atoms with van der Waals surface area (Å²) in [5.74, 6) is 0.425. The number of furan rings is 1. The molecule has 1 N–H and O–H groups in total. The zero-order chi connectivity index (χ0) is 29.6. The third kappa shape index (κ3) is 6.89. The maximum absolute atomic E-state index is 12.6. The minimum Gasteiger partial charge on any atom is -0.486 e. The van der Waals surface area contributed by atoms with E-state index in [4.69, 9.17) is 13.9 Å². The molecule has 0 saturated carbocycles. The van der Waals surface area contributed by atoms with Gasteiger partial charge in [0.2, 0.25) is 0 Å². The van der Waals surface area contributed by atoms with Gasteiger partial charge in [0.1, 0.15) is 18.1 Å². The number of hydrazone groups is 1. The van der Waals surface area contributed by atoms with Crippen LogP contribution in [0.4, 0.5) is 0 Å². The highest BCUT2D eigenvalue weighted by Crippen LogP contribution is 2.32. The third-order valence-electron chi connectivity index (χ3n) is 6.24. The quantitative estimate of drug-likeness (QED) is 0.0738.